The maximum atomic E-state index is 12.3. The molecule has 2 saturated heterocycles. The van der Waals surface area contributed by atoms with Gasteiger partial charge in [0.05, 0.1) is 0 Å². The number of amides is 2. The summed E-state index contributed by atoms with van der Waals surface area (Å²) in [6.45, 7) is 7.84. The number of hydrogen-bond acceptors (Lipinski definition) is 2. The Morgan fingerprint density at radius 3 is 2.38 bits per heavy atom. The van der Waals surface area contributed by atoms with Crippen molar-refractivity contribution in [1.29, 1.82) is 0 Å². The second kappa shape index (κ2) is 7.56. The van der Waals surface area contributed by atoms with E-state index in [9.17, 15) is 4.79 Å². The molecule has 2 amide bonds. The molecule has 2 bridgehead atoms. The van der Waals surface area contributed by atoms with Crippen LogP contribution in [0.1, 0.15) is 51.5 Å². The number of nitrogens with one attached hydrogen (secondary N) is 2. The molecule has 3 rings (SSSR count). The first-order chi connectivity index (χ1) is 11.5. The van der Waals surface area contributed by atoms with E-state index in [2.05, 4.69) is 29.4 Å². The second-order valence-electron chi connectivity index (χ2n) is 7.96. The summed E-state index contributed by atoms with van der Waals surface area (Å²) >= 11 is 0. The third-order valence-electron chi connectivity index (χ3n) is 5.35. The van der Waals surface area contributed by atoms with Crippen LogP contribution in [0.25, 0.3) is 0 Å². The smallest absolute Gasteiger partial charge is 0.319 e. The van der Waals surface area contributed by atoms with E-state index in [1.165, 1.54) is 31.4 Å². The quantitative estimate of drug-likeness (QED) is 0.871. The number of anilines is 1. The molecule has 2 aliphatic rings. The molecule has 1 aromatic carbocycles. The van der Waals surface area contributed by atoms with Crippen molar-refractivity contribution >= 4 is 11.7 Å². The number of hydrogen-bond donors (Lipinski definition) is 2. The van der Waals surface area contributed by atoms with E-state index in [-0.39, 0.29) is 6.03 Å². The molecule has 24 heavy (non-hydrogen) atoms. The minimum Gasteiger partial charge on any atom is -0.335 e. The summed E-state index contributed by atoms with van der Waals surface area (Å²) in [6.07, 6.45) is 6.07. The lowest BCUT2D eigenvalue weighted by atomic mass is 9.81. The van der Waals surface area contributed by atoms with Crippen molar-refractivity contribution in [3.05, 3.63) is 29.8 Å². The number of rotatable bonds is 4. The molecule has 2 atom stereocenters. The first kappa shape index (κ1) is 17.3. The van der Waals surface area contributed by atoms with Gasteiger partial charge in [-0.25, -0.2) is 4.79 Å². The van der Waals surface area contributed by atoms with Gasteiger partial charge in [-0.15, -0.1) is 0 Å². The molecule has 0 aliphatic carbocycles. The molecule has 0 saturated carbocycles. The predicted octanol–water partition coefficient (Wildman–Crippen LogP) is 4.16. The largest absolute Gasteiger partial charge is 0.335 e. The van der Waals surface area contributed by atoms with Crippen LogP contribution in [0.2, 0.25) is 0 Å². The lowest BCUT2D eigenvalue weighted by Gasteiger charge is -2.49. The molecule has 0 aromatic heterocycles. The number of carbonyl (C=O) groups is 1. The van der Waals surface area contributed by atoms with Gasteiger partial charge in [0.25, 0.3) is 0 Å². The molecular formula is C20H31N3O. The third-order valence-corrected chi connectivity index (χ3v) is 5.35. The molecule has 0 spiro atoms. The van der Waals surface area contributed by atoms with Gasteiger partial charge in [0.1, 0.15) is 0 Å². The number of carbonyl (C=O) groups excluding carboxylic acids is 1. The van der Waals surface area contributed by atoms with Crippen molar-refractivity contribution in [3.63, 3.8) is 0 Å². The molecular weight excluding hydrogens is 298 g/mol. The lowest BCUT2D eigenvalue weighted by Crippen LogP contribution is -2.58. The molecule has 2 heterocycles. The molecule has 132 valence electrons. The van der Waals surface area contributed by atoms with Gasteiger partial charge in [-0.2, -0.15) is 0 Å². The maximum absolute atomic E-state index is 12.3. The summed E-state index contributed by atoms with van der Waals surface area (Å²) in [4.78, 5) is 15.0. The van der Waals surface area contributed by atoms with Gasteiger partial charge in [0.15, 0.2) is 0 Å². The topological polar surface area (TPSA) is 44.4 Å². The van der Waals surface area contributed by atoms with Gasteiger partial charge in [-0.05, 0) is 50.7 Å². The highest BCUT2D eigenvalue weighted by molar-refractivity contribution is 5.89. The van der Waals surface area contributed by atoms with E-state index < -0.39 is 0 Å². The molecule has 4 nitrogen and oxygen atoms in total. The third kappa shape index (κ3) is 4.29. The van der Waals surface area contributed by atoms with Gasteiger partial charge in [0, 0.05) is 30.4 Å². The van der Waals surface area contributed by atoms with Crippen LogP contribution in [0.15, 0.2) is 24.3 Å². The van der Waals surface area contributed by atoms with Crippen molar-refractivity contribution < 1.29 is 4.79 Å². The minimum absolute atomic E-state index is 0.0702. The van der Waals surface area contributed by atoms with Gasteiger partial charge >= 0.3 is 6.03 Å². The van der Waals surface area contributed by atoms with Crippen LogP contribution in [0, 0.1) is 12.8 Å². The highest BCUT2D eigenvalue weighted by Gasteiger charge is 2.38. The van der Waals surface area contributed by atoms with Crippen LogP contribution in [-0.2, 0) is 0 Å². The highest BCUT2D eigenvalue weighted by atomic mass is 16.2. The van der Waals surface area contributed by atoms with E-state index in [4.69, 9.17) is 0 Å². The predicted molar refractivity (Wildman–Crippen MR) is 99.3 cm³/mol. The Labute approximate surface area is 146 Å². The Bertz CT molecular complexity index is 541. The Balaban J connectivity index is 1.55. The SMILES string of the molecule is Cc1ccc(NC(=O)NC2CC3CCCC(C2)N3CC(C)C)cc1. The van der Waals surface area contributed by atoms with Crippen LogP contribution in [0.3, 0.4) is 0 Å². The van der Waals surface area contributed by atoms with Crippen molar-refractivity contribution in [2.24, 2.45) is 5.92 Å². The summed E-state index contributed by atoms with van der Waals surface area (Å²) in [6, 6.07) is 9.46. The van der Waals surface area contributed by atoms with Crippen molar-refractivity contribution in [2.75, 3.05) is 11.9 Å². The summed E-state index contributed by atoms with van der Waals surface area (Å²) in [7, 11) is 0. The first-order valence-electron chi connectivity index (χ1n) is 9.41. The Hall–Kier alpha value is -1.55. The summed E-state index contributed by atoms with van der Waals surface area (Å²) in [5.74, 6) is 0.711. The zero-order valence-electron chi connectivity index (χ0n) is 15.2. The molecule has 2 fully saturated rings. The van der Waals surface area contributed by atoms with Crippen LogP contribution in [0.5, 0.6) is 0 Å². The summed E-state index contributed by atoms with van der Waals surface area (Å²) < 4.78 is 0. The summed E-state index contributed by atoms with van der Waals surface area (Å²) in [5.41, 5.74) is 2.06. The fourth-order valence-corrected chi connectivity index (χ4v) is 4.31. The number of fused-ring (bicyclic) bond motifs is 2. The molecule has 4 heteroatoms. The monoisotopic (exact) mass is 329 g/mol. The van der Waals surface area contributed by atoms with Crippen LogP contribution < -0.4 is 10.6 Å². The van der Waals surface area contributed by atoms with E-state index in [0.29, 0.717) is 24.0 Å². The molecule has 2 unspecified atom stereocenters. The number of benzene rings is 1. The number of piperidine rings is 2. The van der Waals surface area contributed by atoms with Gasteiger partial charge in [-0.3, -0.25) is 4.90 Å². The summed E-state index contributed by atoms with van der Waals surface area (Å²) in [5, 5.41) is 6.17. The van der Waals surface area contributed by atoms with Crippen LogP contribution in [-0.4, -0.2) is 35.6 Å². The van der Waals surface area contributed by atoms with E-state index in [0.717, 1.165) is 18.5 Å². The molecule has 1 aromatic rings. The van der Waals surface area contributed by atoms with Crippen molar-refractivity contribution in [2.45, 2.75) is 71.0 Å². The van der Waals surface area contributed by atoms with Gasteiger partial charge in [-0.1, -0.05) is 38.0 Å². The Morgan fingerprint density at radius 2 is 1.79 bits per heavy atom. The first-order valence-corrected chi connectivity index (χ1v) is 9.41. The second-order valence-corrected chi connectivity index (χ2v) is 7.96. The fraction of sp³-hybridized carbons (Fsp3) is 0.650. The zero-order valence-corrected chi connectivity index (χ0v) is 15.2. The maximum Gasteiger partial charge on any atom is 0.319 e. The molecule has 2 aliphatic heterocycles. The molecule has 0 radical (unpaired) electrons. The molecule has 2 N–H and O–H groups in total. The van der Waals surface area contributed by atoms with Crippen molar-refractivity contribution in [3.8, 4) is 0 Å². The fourth-order valence-electron chi connectivity index (χ4n) is 4.31. The van der Waals surface area contributed by atoms with Gasteiger partial charge in [0.2, 0.25) is 0 Å². The Morgan fingerprint density at radius 1 is 1.17 bits per heavy atom. The van der Waals surface area contributed by atoms with Crippen LogP contribution in [0.4, 0.5) is 10.5 Å². The number of aryl methyl sites for hydroxylation is 1. The normalized spacial score (nSPS) is 27.1. The number of urea groups is 1. The van der Waals surface area contributed by atoms with E-state index in [1.54, 1.807) is 0 Å². The van der Waals surface area contributed by atoms with Crippen molar-refractivity contribution in [1.82, 2.24) is 10.2 Å². The zero-order chi connectivity index (χ0) is 17.1. The van der Waals surface area contributed by atoms with E-state index in [1.807, 2.05) is 31.2 Å². The van der Waals surface area contributed by atoms with Gasteiger partial charge < -0.3 is 10.6 Å². The number of nitrogens with zero attached hydrogens (tertiary/aromatic N) is 1. The lowest BCUT2D eigenvalue weighted by molar-refractivity contribution is 0.0180. The average Bonchev–Trinajstić information content (AvgIpc) is 2.50. The minimum atomic E-state index is -0.0702. The van der Waals surface area contributed by atoms with E-state index >= 15 is 0 Å². The highest BCUT2D eigenvalue weighted by Crippen LogP contribution is 2.34. The van der Waals surface area contributed by atoms with Crippen LogP contribution >= 0.6 is 0 Å². The average molecular weight is 329 g/mol. The standard InChI is InChI=1S/C20H31N3O/c1-14(2)13-23-18-5-4-6-19(23)12-17(11-18)22-20(24)21-16-9-7-15(3)8-10-16/h7-10,14,17-19H,4-6,11-13H2,1-3H3,(H2,21,22,24). The Kier molecular flexibility index (Phi) is 5.44.